The number of hydrogen-bond donors (Lipinski definition) is 1. The van der Waals surface area contributed by atoms with Crippen LogP contribution in [0.25, 0.3) is 0 Å². The zero-order chi connectivity index (χ0) is 21.5. The maximum absolute atomic E-state index is 13.2. The molecule has 0 bridgehead atoms. The Kier molecular flexibility index (Phi) is 7.87. The van der Waals surface area contributed by atoms with Crippen LogP contribution in [0.2, 0.25) is 0 Å². The number of rotatable bonds is 9. The quantitative estimate of drug-likeness (QED) is 0.643. The fourth-order valence-electron chi connectivity index (χ4n) is 3.69. The fraction of sp³-hybridized carbons (Fsp3) is 0.478. The molecule has 0 radical (unpaired) electrons. The number of amides is 2. The van der Waals surface area contributed by atoms with Crippen molar-refractivity contribution < 1.29 is 14.3 Å². The van der Waals surface area contributed by atoms with Gasteiger partial charge in [0.1, 0.15) is 0 Å². The second-order valence-corrected chi connectivity index (χ2v) is 8.78. The van der Waals surface area contributed by atoms with Gasteiger partial charge in [0.2, 0.25) is 5.91 Å². The molecule has 1 aromatic carbocycles. The van der Waals surface area contributed by atoms with E-state index in [2.05, 4.69) is 5.32 Å². The lowest BCUT2D eigenvalue weighted by molar-refractivity contribution is -0.116. The van der Waals surface area contributed by atoms with Gasteiger partial charge >= 0.3 is 0 Å². The van der Waals surface area contributed by atoms with Crippen LogP contribution in [-0.4, -0.2) is 50.1 Å². The van der Waals surface area contributed by atoms with E-state index in [4.69, 9.17) is 4.74 Å². The third-order valence-corrected chi connectivity index (χ3v) is 6.01. The Morgan fingerprint density at radius 3 is 2.73 bits per heavy atom. The van der Waals surface area contributed by atoms with E-state index >= 15 is 0 Å². The van der Waals surface area contributed by atoms with Crippen LogP contribution in [0.1, 0.15) is 47.8 Å². The van der Waals surface area contributed by atoms with Gasteiger partial charge in [-0.1, -0.05) is 13.0 Å². The van der Waals surface area contributed by atoms with Crippen LogP contribution < -0.4 is 10.2 Å². The number of ether oxygens (including phenoxy) is 1. The minimum absolute atomic E-state index is 0.00641. The zero-order valence-electron chi connectivity index (χ0n) is 18.0. The highest BCUT2D eigenvalue weighted by atomic mass is 32.1. The molecule has 0 aliphatic carbocycles. The molecule has 1 N–H and O–H groups in total. The highest BCUT2D eigenvalue weighted by molar-refractivity contribution is 7.12. The second kappa shape index (κ2) is 10.6. The minimum Gasteiger partial charge on any atom is -0.377 e. The van der Waals surface area contributed by atoms with Gasteiger partial charge in [-0.05, 0) is 54.5 Å². The lowest BCUT2D eigenvalue weighted by Crippen LogP contribution is -2.37. The Balaban J connectivity index is 1.86. The number of nitrogens with one attached hydrogen (secondary N) is 1. The molecule has 1 atom stereocenters. The predicted octanol–water partition coefficient (Wildman–Crippen LogP) is 4.37. The van der Waals surface area contributed by atoms with E-state index in [9.17, 15) is 9.59 Å². The summed E-state index contributed by atoms with van der Waals surface area (Å²) in [5, 5.41) is 4.89. The average molecular weight is 430 g/mol. The molecule has 0 spiro atoms. The summed E-state index contributed by atoms with van der Waals surface area (Å²) < 4.78 is 5.81. The number of benzene rings is 1. The standard InChI is InChI=1S/C23H31N3O3S/c1-4-7-22(27)24-18-10-11-20(25(2)3)17(14-18)15-26(16-19-8-5-12-29-19)23(28)21-9-6-13-30-21/h6,9-11,13-14,19H,4-5,7-8,12,15-16H2,1-3H3,(H,24,27). The van der Waals surface area contributed by atoms with Crippen LogP contribution in [-0.2, 0) is 16.1 Å². The molecule has 162 valence electrons. The topological polar surface area (TPSA) is 61.9 Å². The summed E-state index contributed by atoms with van der Waals surface area (Å²) >= 11 is 1.46. The Hall–Kier alpha value is -2.38. The van der Waals surface area contributed by atoms with Crippen molar-refractivity contribution in [1.29, 1.82) is 0 Å². The van der Waals surface area contributed by atoms with Gasteiger partial charge in [0.05, 0.1) is 11.0 Å². The van der Waals surface area contributed by atoms with Crippen molar-refractivity contribution in [2.75, 3.05) is 37.5 Å². The lowest BCUT2D eigenvalue weighted by Gasteiger charge is -2.28. The van der Waals surface area contributed by atoms with Crippen LogP contribution >= 0.6 is 11.3 Å². The van der Waals surface area contributed by atoms with Crippen LogP contribution in [0.4, 0.5) is 11.4 Å². The molecule has 6 nitrogen and oxygen atoms in total. The van der Waals surface area contributed by atoms with Crippen LogP contribution in [0.15, 0.2) is 35.7 Å². The van der Waals surface area contributed by atoms with Gasteiger partial charge < -0.3 is 19.9 Å². The first-order chi connectivity index (χ1) is 14.5. The average Bonchev–Trinajstić information content (AvgIpc) is 3.41. The van der Waals surface area contributed by atoms with E-state index < -0.39 is 0 Å². The highest BCUT2D eigenvalue weighted by Gasteiger charge is 2.25. The Morgan fingerprint density at radius 1 is 1.27 bits per heavy atom. The van der Waals surface area contributed by atoms with Gasteiger partial charge in [0, 0.05) is 51.6 Å². The molecule has 2 aromatic rings. The number of thiophene rings is 1. The molecule has 1 aromatic heterocycles. The molecule has 1 saturated heterocycles. The number of hydrogen-bond acceptors (Lipinski definition) is 5. The molecule has 1 aliphatic rings. The smallest absolute Gasteiger partial charge is 0.264 e. The maximum atomic E-state index is 13.2. The van der Waals surface area contributed by atoms with Gasteiger partial charge in [-0.25, -0.2) is 0 Å². The fourth-order valence-corrected chi connectivity index (χ4v) is 4.38. The van der Waals surface area contributed by atoms with Crippen molar-refractivity contribution >= 4 is 34.5 Å². The predicted molar refractivity (Wildman–Crippen MR) is 122 cm³/mol. The number of carbonyl (C=O) groups excluding carboxylic acids is 2. The van der Waals surface area contributed by atoms with E-state index in [1.165, 1.54) is 11.3 Å². The minimum atomic E-state index is 0.00641. The van der Waals surface area contributed by atoms with E-state index in [1.54, 1.807) is 0 Å². The van der Waals surface area contributed by atoms with Gasteiger partial charge in [-0.3, -0.25) is 9.59 Å². The molecule has 30 heavy (non-hydrogen) atoms. The molecule has 1 fully saturated rings. The first kappa shape index (κ1) is 22.3. The number of anilines is 2. The van der Waals surface area contributed by atoms with E-state index in [0.29, 0.717) is 19.5 Å². The summed E-state index contributed by atoms with van der Waals surface area (Å²) in [5.41, 5.74) is 2.78. The summed E-state index contributed by atoms with van der Waals surface area (Å²) in [6.07, 6.45) is 3.38. The molecule has 7 heteroatoms. The highest BCUT2D eigenvalue weighted by Crippen LogP contribution is 2.27. The summed E-state index contributed by atoms with van der Waals surface area (Å²) in [6, 6.07) is 9.66. The van der Waals surface area contributed by atoms with Crippen molar-refractivity contribution in [3.63, 3.8) is 0 Å². The van der Waals surface area contributed by atoms with Crippen molar-refractivity contribution in [1.82, 2.24) is 4.90 Å². The van der Waals surface area contributed by atoms with E-state index in [1.807, 2.05) is 66.5 Å². The van der Waals surface area contributed by atoms with Crippen LogP contribution in [0.3, 0.4) is 0 Å². The SMILES string of the molecule is CCCC(=O)Nc1ccc(N(C)C)c(CN(CC2CCCO2)C(=O)c2cccs2)c1. The zero-order valence-corrected chi connectivity index (χ0v) is 18.8. The molecule has 1 aliphatic heterocycles. The van der Waals surface area contributed by atoms with Crippen molar-refractivity contribution in [3.8, 4) is 0 Å². The molecule has 2 amide bonds. The Morgan fingerprint density at radius 2 is 2.10 bits per heavy atom. The molecule has 3 rings (SSSR count). The van der Waals surface area contributed by atoms with E-state index in [-0.39, 0.29) is 17.9 Å². The first-order valence-corrected chi connectivity index (χ1v) is 11.4. The normalized spacial score (nSPS) is 15.8. The summed E-state index contributed by atoms with van der Waals surface area (Å²) in [6.45, 7) is 3.77. The van der Waals surface area contributed by atoms with Gasteiger partial charge in [0.25, 0.3) is 5.91 Å². The Bertz CT molecular complexity index is 845. The molecule has 0 saturated carbocycles. The monoisotopic (exact) mass is 429 g/mol. The summed E-state index contributed by atoms with van der Waals surface area (Å²) in [5.74, 6) is 0.0255. The molecular formula is C23H31N3O3S. The third-order valence-electron chi connectivity index (χ3n) is 5.15. The lowest BCUT2D eigenvalue weighted by atomic mass is 10.1. The van der Waals surface area contributed by atoms with Gasteiger partial charge in [0.15, 0.2) is 0 Å². The molecule has 1 unspecified atom stereocenters. The first-order valence-electron chi connectivity index (χ1n) is 10.5. The third kappa shape index (κ3) is 5.83. The number of nitrogens with zero attached hydrogens (tertiary/aromatic N) is 2. The largest absolute Gasteiger partial charge is 0.377 e. The van der Waals surface area contributed by atoms with Gasteiger partial charge in [-0.15, -0.1) is 11.3 Å². The Labute approximate surface area is 182 Å². The summed E-state index contributed by atoms with van der Waals surface area (Å²) in [4.78, 5) is 29.9. The van der Waals surface area contributed by atoms with E-state index in [0.717, 1.165) is 47.7 Å². The summed E-state index contributed by atoms with van der Waals surface area (Å²) in [7, 11) is 3.97. The molecule has 2 heterocycles. The number of carbonyl (C=O) groups is 2. The maximum Gasteiger partial charge on any atom is 0.264 e. The van der Waals surface area contributed by atoms with Crippen molar-refractivity contribution in [3.05, 3.63) is 46.2 Å². The van der Waals surface area contributed by atoms with Gasteiger partial charge in [-0.2, -0.15) is 0 Å². The second-order valence-electron chi connectivity index (χ2n) is 7.83. The molecular weight excluding hydrogens is 398 g/mol. The van der Waals surface area contributed by atoms with Crippen molar-refractivity contribution in [2.45, 2.75) is 45.3 Å². The van der Waals surface area contributed by atoms with Crippen LogP contribution in [0, 0.1) is 0 Å². The van der Waals surface area contributed by atoms with Crippen LogP contribution in [0.5, 0.6) is 0 Å². The van der Waals surface area contributed by atoms with Crippen molar-refractivity contribution in [2.24, 2.45) is 0 Å².